The van der Waals surface area contributed by atoms with E-state index in [1.807, 2.05) is 43.4 Å². The number of nitrogens with zero attached hydrogens (tertiary/aromatic N) is 3. The Morgan fingerprint density at radius 3 is 2.92 bits per heavy atom. The van der Waals surface area contributed by atoms with Crippen LogP contribution in [0.25, 0.3) is 11.3 Å². The summed E-state index contributed by atoms with van der Waals surface area (Å²) in [5, 5.41) is 4.76. The summed E-state index contributed by atoms with van der Waals surface area (Å²) in [5.74, 6) is 1.58. The van der Waals surface area contributed by atoms with Crippen LogP contribution < -0.4 is 4.74 Å². The fourth-order valence-corrected chi connectivity index (χ4v) is 2.44. The van der Waals surface area contributed by atoms with E-state index in [1.165, 1.54) is 0 Å². The predicted octanol–water partition coefficient (Wildman–Crippen LogP) is 3.90. The van der Waals surface area contributed by atoms with E-state index >= 15 is 0 Å². The van der Waals surface area contributed by atoms with Crippen molar-refractivity contribution in [1.29, 1.82) is 0 Å². The smallest absolute Gasteiger partial charge is 0.151 e. The monoisotopic (exact) mass is 343 g/mol. The van der Waals surface area contributed by atoms with Crippen molar-refractivity contribution >= 4 is 11.6 Å². The molecule has 0 spiro atoms. The van der Waals surface area contributed by atoms with Crippen LogP contribution in [0.2, 0.25) is 5.02 Å². The standard InChI is InChI=1S/C18H18ClN3O2/c1-22(8-9-23-16-6-2-5-15(19)10-16)13-17-11-18(21-24-17)14-4-3-7-20-12-14/h2-7,10-12H,8-9,13H2,1H3. The molecule has 5 nitrogen and oxygen atoms in total. The van der Waals surface area contributed by atoms with Gasteiger partial charge >= 0.3 is 0 Å². The van der Waals surface area contributed by atoms with Gasteiger partial charge in [0.05, 0.1) is 6.54 Å². The summed E-state index contributed by atoms with van der Waals surface area (Å²) in [6.07, 6.45) is 3.50. The highest BCUT2D eigenvalue weighted by Crippen LogP contribution is 2.19. The molecule has 0 bridgehead atoms. The van der Waals surface area contributed by atoms with Gasteiger partial charge in [0.15, 0.2) is 5.76 Å². The number of hydrogen-bond donors (Lipinski definition) is 0. The highest BCUT2D eigenvalue weighted by molar-refractivity contribution is 6.30. The first-order valence-corrected chi connectivity index (χ1v) is 8.01. The number of hydrogen-bond acceptors (Lipinski definition) is 5. The average molecular weight is 344 g/mol. The zero-order valence-electron chi connectivity index (χ0n) is 13.4. The van der Waals surface area contributed by atoms with Gasteiger partial charge in [0.1, 0.15) is 18.1 Å². The number of aromatic nitrogens is 2. The van der Waals surface area contributed by atoms with Crippen LogP contribution >= 0.6 is 11.6 Å². The van der Waals surface area contributed by atoms with Gasteiger partial charge in [-0.3, -0.25) is 9.88 Å². The molecule has 0 unspecified atom stereocenters. The second kappa shape index (κ2) is 7.95. The molecule has 3 rings (SSSR count). The largest absolute Gasteiger partial charge is 0.492 e. The number of benzene rings is 1. The lowest BCUT2D eigenvalue weighted by Crippen LogP contribution is -2.23. The zero-order valence-corrected chi connectivity index (χ0v) is 14.1. The third-order valence-electron chi connectivity index (χ3n) is 3.48. The van der Waals surface area contributed by atoms with Crippen molar-refractivity contribution in [1.82, 2.24) is 15.0 Å². The molecule has 24 heavy (non-hydrogen) atoms. The van der Waals surface area contributed by atoms with Gasteiger partial charge in [0, 0.05) is 35.6 Å². The van der Waals surface area contributed by atoms with E-state index in [1.54, 1.807) is 18.5 Å². The van der Waals surface area contributed by atoms with E-state index in [-0.39, 0.29) is 0 Å². The lowest BCUT2D eigenvalue weighted by Gasteiger charge is -2.15. The Morgan fingerprint density at radius 1 is 1.21 bits per heavy atom. The maximum atomic E-state index is 5.93. The fraction of sp³-hybridized carbons (Fsp3) is 0.222. The van der Waals surface area contributed by atoms with E-state index in [2.05, 4.69) is 15.0 Å². The van der Waals surface area contributed by atoms with Crippen molar-refractivity contribution in [2.75, 3.05) is 20.2 Å². The quantitative estimate of drug-likeness (QED) is 0.651. The van der Waals surface area contributed by atoms with Crippen molar-refractivity contribution < 1.29 is 9.26 Å². The summed E-state index contributed by atoms with van der Waals surface area (Å²) in [7, 11) is 2.01. The summed E-state index contributed by atoms with van der Waals surface area (Å²) in [4.78, 5) is 6.20. The molecule has 0 N–H and O–H groups in total. The van der Waals surface area contributed by atoms with Crippen LogP contribution in [0, 0.1) is 0 Å². The molecular weight excluding hydrogens is 326 g/mol. The van der Waals surface area contributed by atoms with Gasteiger partial charge in [-0.2, -0.15) is 0 Å². The molecule has 0 radical (unpaired) electrons. The van der Waals surface area contributed by atoms with Crippen LogP contribution in [-0.4, -0.2) is 35.2 Å². The van der Waals surface area contributed by atoms with Crippen molar-refractivity contribution in [2.45, 2.75) is 6.54 Å². The van der Waals surface area contributed by atoms with Crippen LogP contribution in [-0.2, 0) is 6.54 Å². The molecule has 0 fully saturated rings. The number of pyridine rings is 1. The Balaban J connectivity index is 1.48. The molecule has 0 saturated carbocycles. The molecule has 0 aliphatic heterocycles. The van der Waals surface area contributed by atoms with Crippen LogP contribution in [0.3, 0.4) is 0 Å². The fourth-order valence-electron chi connectivity index (χ4n) is 2.26. The molecule has 0 amide bonds. The summed E-state index contributed by atoms with van der Waals surface area (Å²) in [6, 6.07) is 13.2. The molecule has 2 heterocycles. The Labute approximate surface area is 145 Å². The molecule has 3 aromatic rings. The zero-order chi connectivity index (χ0) is 16.8. The molecule has 0 saturated heterocycles. The normalized spacial score (nSPS) is 11.0. The van der Waals surface area contributed by atoms with E-state index < -0.39 is 0 Å². The average Bonchev–Trinajstić information content (AvgIpc) is 3.04. The van der Waals surface area contributed by atoms with Crippen molar-refractivity contribution in [3.8, 4) is 17.0 Å². The summed E-state index contributed by atoms with van der Waals surface area (Å²) < 4.78 is 11.1. The van der Waals surface area contributed by atoms with Crippen molar-refractivity contribution in [3.05, 3.63) is 65.6 Å². The van der Waals surface area contributed by atoms with E-state index in [0.717, 1.165) is 29.3 Å². The van der Waals surface area contributed by atoms with Gasteiger partial charge < -0.3 is 9.26 Å². The highest BCUT2D eigenvalue weighted by atomic mass is 35.5. The Morgan fingerprint density at radius 2 is 2.12 bits per heavy atom. The topological polar surface area (TPSA) is 51.4 Å². The number of ether oxygens (including phenoxy) is 1. The SMILES string of the molecule is CN(CCOc1cccc(Cl)c1)Cc1cc(-c2cccnc2)no1. The number of halogens is 1. The summed E-state index contributed by atoms with van der Waals surface area (Å²) in [6.45, 7) is 1.99. The van der Waals surface area contributed by atoms with Crippen LogP contribution in [0.1, 0.15) is 5.76 Å². The molecule has 6 heteroatoms. The third kappa shape index (κ3) is 4.57. The van der Waals surface area contributed by atoms with Crippen molar-refractivity contribution in [2.24, 2.45) is 0 Å². The Bertz CT molecular complexity index is 777. The first-order valence-electron chi connectivity index (χ1n) is 7.63. The minimum atomic E-state index is 0.570. The van der Waals surface area contributed by atoms with E-state index in [0.29, 0.717) is 18.2 Å². The third-order valence-corrected chi connectivity index (χ3v) is 3.71. The van der Waals surface area contributed by atoms with Crippen LogP contribution in [0.15, 0.2) is 59.4 Å². The van der Waals surface area contributed by atoms with Gasteiger partial charge in [0.25, 0.3) is 0 Å². The van der Waals surface area contributed by atoms with E-state index in [9.17, 15) is 0 Å². The van der Waals surface area contributed by atoms with Gasteiger partial charge in [0.2, 0.25) is 0 Å². The van der Waals surface area contributed by atoms with Gasteiger partial charge in [-0.25, -0.2) is 0 Å². The molecule has 0 atom stereocenters. The maximum absolute atomic E-state index is 5.93. The Kier molecular flexibility index (Phi) is 5.46. The van der Waals surface area contributed by atoms with Gasteiger partial charge in [-0.1, -0.05) is 22.8 Å². The minimum Gasteiger partial charge on any atom is -0.492 e. The molecule has 2 aromatic heterocycles. The lowest BCUT2D eigenvalue weighted by atomic mass is 10.2. The number of likely N-dealkylation sites (N-methyl/N-ethyl adjacent to an activating group) is 1. The molecule has 0 aliphatic carbocycles. The minimum absolute atomic E-state index is 0.570. The maximum Gasteiger partial charge on any atom is 0.151 e. The Hall–Kier alpha value is -2.37. The van der Waals surface area contributed by atoms with Crippen LogP contribution in [0.5, 0.6) is 5.75 Å². The van der Waals surface area contributed by atoms with E-state index in [4.69, 9.17) is 20.9 Å². The first-order chi connectivity index (χ1) is 11.7. The van der Waals surface area contributed by atoms with Gasteiger partial charge in [-0.15, -0.1) is 0 Å². The summed E-state index contributed by atoms with van der Waals surface area (Å²) in [5.41, 5.74) is 1.74. The number of rotatable bonds is 7. The molecule has 124 valence electrons. The lowest BCUT2D eigenvalue weighted by molar-refractivity contribution is 0.216. The molecular formula is C18H18ClN3O2. The van der Waals surface area contributed by atoms with Crippen LogP contribution in [0.4, 0.5) is 0 Å². The molecule has 1 aromatic carbocycles. The first kappa shape index (κ1) is 16.5. The molecule has 0 aliphatic rings. The predicted molar refractivity (Wildman–Crippen MR) is 93.0 cm³/mol. The van der Waals surface area contributed by atoms with Gasteiger partial charge in [-0.05, 0) is 37.4 Å². The highest BCUT2D eigenvalue weighted by Gasteiger charge is 2.09. The summed E-state index contributed by atoms with van der Waals surface area (Å²) >= 11 is 5.93. The second-order valence-corrected chi connectivity index (χ2v) is 5.90. The second-order valence-electron chi connectivity index (χ2n) is 5.46. The van der Waals surface area contributed by atoms with Crippen molar-refractivity contribution in [3.63, 3.8) is 0 Å².